The minimum Gasteiger partial charge on any atom is -0.281 e. The van der Waals surface area contributed by atoms with Gasteiger partial charge in [0.2, 0.25) is 0 Å². The van der Waals surface area contributed by atoms with Gasteiger partial charge in [-0.2, -0.15) is 0 Å². The van der Waals surface area contributed by atoms with Crippen LogP contribution in [0.1, 0.15) is 19.3 Å². The predicted molar refractivity (Wildman–Crippen MR) is 323 cm³/mol. The zero-order valence-corrected chi connectivity index (χ0v) is 47.4. The minimum atomic E-state index is -0.245. The molecule has 72 heavy (non-hydrogen) atoms. The largest absolute Gasteiger partial charge is 0.281 e. The van der Waals surface area contributed by atoms with Gasteiger partial charge in [0.1, 0.15) is 0 Å². The zero-order chi connectivity index (χ0) is 49.2. The molecule has 0 saturated carbocycles. The van der Waals surface area contributed by atoms with Crippen molar-refractivity contribution in [3.63, 3.8) is 0 Å². The number of rotatable bonds is 21. The molecule has 367 valence electrons. The van der Waals surface area contributed by atoms with Crippen LogP contribution in [0.4, 0.5) is 0 Å². The summed E-state index contributed by atoms with van der Waals surface area (Å²) < 4.78 is 0. The third kappa shape index (κ3) is 21.6. The molecule has 0 aliphatic carbocycles. The molecule has 0 bridgehead atoms. The van der Waals surface area contributed by atoms with Crippen LogP contribution in [-0.4, -0.2) is 42.5 Å². The first kappa shape index (κ1) is 58.5. The predicted octanol–water partition coefficient (Wildman–Crippen LogP) is 15.5. The second-order valence-electron chi connectivity index (χ2n) is 16.0. The van der Waals surface area contributed by atoms with Crippen LogP contribution in [0, 0.1) is 0 Å². The van der Waals surface area contributed by atoms with E-state index in [0.717, 1.165) is 0 Å². The Labute approximate surface area is 460 Å². The summed E-state index contributed by atoms with van der Waals surface area (Å²) in [6.07, 6.45) is 7.49. The normalized spacial score (nSPS) is 10.4. The van der Waals surface area contributed by atoms with E-state index in [2.05, 4.69) is 280 Å². The standard InChI is InChI=1S/3C21H21PS.CO.Rh/c3*1-4-11-19(12-5-1)22(20-13-6-2-7-14-20)17-10-18-23-21-15-8-3-9-16-21;1-2;/h3*1-9,11-16H,10,17-18H2;;. The summed E-state index contributed by atoms with van der Waals surface area (Å²) >= 11 is 5.89. The molecule has 0 aliphatic rings. The molecule has 9 aromatic carbocycles. The third-order valence-corrected chi connectivity index (χ3v) is 22.1. The van der Waals surface area contributed by atoms with Crippen LogP contribution in [-0.2, 0) is 24.3 Å². The van der Waals surface area contributed by atoms with Gasteiger partial charge in [0, 0.05) is 34.2 Å². The van der Waals surface area contributed by atoms with Gasteiger partial charge in [-0.1, -0.05) is 237 Å². The average molecular weight is 1140 g/mol. The SMILES string of the molecule is [C]=O.[Rh].c1ccc(SCCCP(c2ccccc2)c2ccccc2)cc1.c1ccc(SCCCP(c2ccccc2)c2ccccc2)cc1.c1ccc(SCCCP(c2ccccc2)c2ccccc2)cc1. The summed E-state index contributed by atoms with van der Waals surface area (Å²) in [6.45, 7) is 4.50. The number of carbonyl (C=O) groups excluding carboxylic acids is 1. The van der Waals surface area contributed by atoms with Crippen LogP contribution in [0.2, 0.25) is 0 Å². The molecule has 0 N–H and O–H groups in total. The summed E-state index contributed by atoms with van der Waals surface area (Å²) in [7, 11) is -0.734. The summed E-state index contributed by atoms with van der Waals surface area (Å²) in [5, 5.41) is 8.91. The Bertz CT molecular complexity index is 2260. The Morgan fingerprint density at radius 1 is 0.250 bits per heavy atom. The molecule has 3 radical (unpaired) electrons. The number of thioether (sulfide) groups is 3. The van der Waals surface area contributed by atoms with E-state index in [0.29, 0.717) is 0 Å². The molecular formula is C64H63OP3RhS3. The Kier molecular flexibility index (Phi) is 29.7. The first-order chi connectivity index (χ1) is 35.3. The van der Waals surface area contributed by atoms with Gasteiger partial charge >= 0.3 is 0 Å². The molecule has 0 atom stereocenters. The van der Waals surface area contributed by atoms with Gasteiger partial charge in [0.05, 0.1) is 0 Å². The van der Waals surface area contributed by atoms with Gasteiger partial charge in [-0.3, -0.25) is 4.79 Å². The first-order valence-electron chi connectivity index (χ1n) is 24.2. The van der Waals surface area contributed by atoms with Gasteiger partial charge in [0.15, 0.2) is 0 Å². The molecular weight excluding hydrogens is 1080 g/mol. The van der Waals surface area contributed by atoms with Crippen molar-refractivity contribution in [1.82, 2.24) is 0 Å². The molecule has 0 aromatic heterocycles. The number of hydrogen-bond donors (Lipinski definition) is 0. The number of benzene rings is 9. The average Bonchev–Trinajstić information content (AvgIpc) is 3.46. The Balaban J connectivity index is 0.000000196. The Morgan fingerprint density at radius 3 is 0.569 bits per heavy atom. The summed E-state index contributed by atoms with van der Waals surface area (Å²) in [5.41, 5.74) is 0. The van der Waals surface area contributed by atoms with E-state index in [9.17, 15) is 0 Å². The van der Waals surface area contributed by atoms with Crippen LogP contribution in [0.5, 0.6) is 0 Å². The van der Waals surface area contributed by atoms with E-state index in [4.69, 9.17) is 4.79 Å². The van der Waals surface area contributed by atoms with E-state index < -0.39 is 0 Å². The molecule has 0 saturated heterocycles. The van der Waals surface area contributed by atoms with Crippen molar-refractivity contribution in [3.05, 3.63) is 273 Å². The van der Waals surface area contributed by atoms with E-state index in [1.165, 1.54) is 102 Å². The van der Waals surface area contributed by atoms with Crippen LogP contribution in [0.15, 0.2) is 288 Å². The van der Waals surface area contributed by atoms with Crippen LogP contribution in [0.3, 0.4) is 0 Å². The third-order valence-electron chi connectivity index (χ3n) is 11.0. The Hall–Kier alpha value is -4.39. The zero-order valence-electron chi connectivity index (χ0n) is 40.7. The van der Waals surface area contributed by atoms with Crippen molar-refractivity contribution < 1.29 is 24.3 Å². The maximum absolute atomic E-state index is 7.50. The van der Waals surface area contributed by atoms with Crippen molar-refractivity contribution in [2.45, 2.75) is 33.9 Å². The van der Waals surface area contributed by atoms with Crippen molar-refractivity contribution in [2.24, 2.45) is 0 Å². The Morgan fingerprint density at radius 2 is 0.403 bits per heavy atom. The molecule has 0 aliphatic heterocycles. The minimum absolute atomic E-state index is 0. The van der Waals surface area contributed by atoms with Gasteiger partial charge in [0.25, 0.3) is 6.79 Å². The second-order valence-corrected chi connectivity index (χ2v) is 26.5. The molecule has 9 rings (SSSR count). The van der Waals surface area contributed by atoms with Crippen molar-refractivity contribution in [1.29, 1.82) is 0 Å². The second kappa shape index (κ2) is 36.5. The van der Waals surface area contributed by atoms with Gasteiger partial charge in [-0.25, -0.2) is 0 Å². The van der Waals surface area contributed by atoms with Crippen molar-refractivity contribution >= 4 is 97.7 Å². The fraction of sp³-hybridized carbons (Fsp3) is 0.141. The van der Waals surface area contributed by atoms with Crippen molar-refractivity contribution in [2.75, 3.05) is 35.7 Å². The monoisotopic (exact) mass is 1140 g/mol. The smallest absolute Gasteiger partial charge is 0.281 e. The van der Waals surface area contributed by atoms with Crippen LogP contribution in [0.25, 0.3) is 0 Å². The van der Waals surface area contributed by atoms with E-state index in [1.54, 1.807) is 0 Å². The van der Waals surface area contributed by atoms with Crippen LogP contribution < -0.4 is 31.8 Å². The molecule has 0 heterocycles. The van der Waals surface area contributed by atoms with Crippen LogP contribution >= 0.6 is 59.1 Å². The van der Waals surface area contributed by atoms with E-state index >= 15 is 0 Å². The molecule has 0 unspecified atom stereocenters. The molecule has 8 heteroatoms. The summed E-state index contributed by atoms with van der Waals surface area (Å²) in [4.78, 5) is 11.6. The van der Waals surface area contributed by atoms with Gasteiger partial charge in [-0.15, -0.1) is 35.3 Å². The maximum atomic E-state index is 7.50. The molecule has 9 aromatic rings. The maximum Gasteiger partial charge on any atom is 0.281 e. The molecule has 0 amide bonds. The fourth-order valence-electron chi connectivity index (χ4n) is 7.66. The van der Waals surface area contributed by atoms with Gasteiger partial charge in [-0.05, 0) is 147 Å². The van der Waals surface area contributed by atoms with E-state index in [1.807, 2.05) is 35.3 Å². The number of hydrogen-bond acceptors (Lipinski definition) is 4. The van der Waals surface area contributed by atoms with Gasteiger partial charge < -0.3 is 0 Å². The summed E-state index contributed by atoms with van der Waals surface area (Å²) in [5.74, 6) is 3.55. The van der Waals surface area contributed by atoms with E-state index in [-0.39, 0.29) is 43.2 Å². The first-order valence-corrected chi connectivity index (χ1v) is 31.7. The topological polar surface area (TPSA) is 17.1 Å². The molecule has 0 spiro atoms. The fourth-order valence-corrected chi connectivity index (χ4v) is 18.0. The summed E-state index contributed by atoms with van der Waals surface area (Å²) in [6, 6.07) is 98.0. The molecule has 1 nitrogen and oxygen atoms in total. The molecule has 0 fully saturated rings. The van der Waals surface area contributed by atoms with Crippen molar-refractivity contribution in [3.8, 4) is 0 Å². The quantitative estimate of drug-likeness (QED) is 0.0308.